The molecule has 1 atom stereocenters. The maximum atomic E-state index is 12.7. The summed E-state index contributed by atoms with van der Waals surface area (Å²) in [6.45, 7) is 2.36. The molecular formula is C22H19N2O6-. The molecule has 2 aliphatic heterocycles. The second kappa shape index (κ2) is 7.72. The number of nitrogens with one attached hydrogen (secondary N) is 1. The third-order valence-electron chi connectivity index (χ3n) is 5.44. The normalized spacial score (nSPS) is 17.9. The molecule has 0 radical (unpaired) electrons. The molecular weight excluding hydrogens is 388 g/mol. The molecule has 0 aromatic heterocycles. The molecule has 1 N–H and O–H groups in total. The van der Waals surface area contributed by atoms with Crippen molar-refractivity contribution in [1.82, 2.24) is 4.90 Å². The standard InChI is InChI=1S/C22H20N2O6/c1-12-15(5-2-6-16(12)22(28)29)19(25)23-13-7-8-17-18(10-13)21(27)24(20(17)26)11-14-4-3-9-30-14/h2,5-8,10,14H,3-4,9,11H2,1H3,(H,23,25)(H,28,29)/p-1/t14-/m0/s1. The first-order chi connectivity index (χ1) is 14.4. The molecule has 0 saturated carbocycles. The van der Waals surface area contributed by atoms with Gasteiger partial charge in [0.05, 0.1) is 29.7 Å². The molecule has 2 aromatic carbocycles. The first-order valence-corrected chi connectivity index (χ1v) is 9.61. The highest BCUT2D eigenvalue weighted by Crippen LogP contribution is 2.28. The summed E-state index contributed by atoms with van der Waals surface area (Å²) in [6.07, 6.45) is 1.56. The van der Waals surface area contributed by atoms with E-state index in [1.807, 2.05) is 0 Å². The summed E-state index contributed by atoms with van der Waals surface area (Å²) in [5.74, 6) is -2.68. The molecule has 0 spiro atoms. The first-order valence-electron chi connectivity index (χ1n) is 9.61. The number of carbonyl (C=O) groups is 4. The van der Waals surface area contributed by atoms with Gasteiger partial charge in [-0.15, -0.1) is 0 Å². The Hall–Kier alpha value is -3.52. The van der Waals surface area contributed by atoms with Crippen molar-refractivity contribution in [2.24, 2.45) is 0 Å². The number of carbonyl (C=O) groups excluding carboxylic acids is 4. The van der Waals surface area contributed by atoms with Crippen molar-refractivity contribution in [3.63, 3.8) is 0 Å². The van der Waals surface area contributed by atoms with Crippen molar-refractivity contribution in [3.05, 3.63) is 64.2 Å². The Bertz CT molecular complexity index is 1070. The second-order valence-electron chi connectivity index (χ2n) is 7.34. The largest absolute Gasteiger partial charge is 0.545 e. The van der Waals surface area contributed by atoms with Gasteiger partial charge in [-0.3, -0.25) is 19.3 Å². The third kappa shape index (κ3) is 3.46. The van der Waals surface area contributed by atoms with Crippen LogP contribution in [0.4, 0.5) is 5.69 Å². The number of rotatable bonds is 5. The average Bonchev–Trinajstić information content (AvgIpc) is 3.31. The van der Waals surface area contributed by atoms with E-state index < -0.39 is 17.8 Å². The minimum atomic E-state index is -1.37. The summed E-state index contributed by atoms with van der Waals surface area (Å²) in [6, 6.07) is 8.83. The fourth-order valence-electron chi connectivity index (χ4n) is 3.83. The zero-order valence-corrected chi connectivity index (χ0v) is 16.3. The van der Waals surface area contributed by atoms with Gasteiger partial charge in [-0.1, -0.05) is 12.1 Å². The van der Waals surface area contributed by atoms with Crippen LogP contribution >= 0.6 is 0 Å². The van der Waals surface area contributed by atoms with Gasteiger partial charge in [0.15, 0.2) is 0 Å². The van der Waals surface area contributed by atoms with Gasteiger partial charge in [-0.2, -0.15) is 0 Å². The molecule has 1 saturated heterocycles. The number of hydrogen-bond acceptors (Lipinski definition) is 6. The van der Waals surface area contributed by atoms with Gasteiger partial charge in [0, 0.05) is 23.4 Å². The molecule has 3 amide bonds. The smallest absolute Gasteiger partial charge is 0.261 e. The summed E-state index contributed by atoms with van der Waals surface area (Å²) in [7, 11) is 0. The van der Waals surface area contributed by atoms with Crippen molar-refractivity contribution in [2.45, 2.75) is 25.9 Å². The molecule has 1 fully saturated rings. The summed E-state index contributed by atoms with van der Waals surface area (Å²) in [4.78, 5) is 50.3. The SMILES string of the molecule is Cc1c(C(=O)[O-])cccc1C(=O)Nc1ccc2c(c1)C(=O)N(C[C@@H]1CCCO1)C2=O. The van der Waals surface area contributed by atoms with E-state index in [1.54, 1.807) is 0 Å². The lowest BCUT2D eigenvalue weighted by Crippen LogP contribution is -2.36. The van der Waals surface area contributed by atoms with Gasteiger partial charge in [0.2, 0.25) is 0 Å². The molecule has 8 heteroatoms. The van der Waals surface area contributed by atoms with E-state index in [9.17, 15) is 24.3 Å². The molecule has 0 unspecified atom stereocenters. The lowest BCUT2D eigenvalue weighted by Gasteiger charge is -2.17. The fraction of sp³-hybridized carbons (Fsp3) is 0.273. The van der Waals surface area contributed by atoms with E-state index in [4.69, 9.17) is 4.74 Å². The lowest BCUT2D eigenvalue weighted by molar-refractivity contribution is -0.255. The van der Waals surface area contributed by atoms with E-state index in [2.05, 4.69) is 5.32 Å². The summed E-state index contributed by atoms with van der Waals surface area (Å²) in [5.41, 5.74) is 1.23. The van der Waals surface area contributed by atoms with E-state index in [-0.39, 0.29) is 46.4 Å². The van der Waals surface area contributed by atoms with Gasteiger partial charge in [0.1, 0.15) is 0 Å². The molecule has 0 aliphatic carbocycles. The van der Waals surface area contributed by atoms with Crippen molar-refractivity contribution in [1.29, 1.82) is 0 Å². The highest BCUT2D eigenvalue weighted by atomic mass is 16.5. The summed E-state index contributed by atoms with van der Waals surface area (Å²) < 4.78 is 5.52. The summed E-state index contributed by atoms with van der Waals surface area (Å²) >= 11 is 0. The van der Waals surface area contributed by atoms with Crippen LogP contribution in [0.3, 0.4) is 0 Å². The van der Waals surface area contributed by atoms with Crippen LogP contribution in [0, 0.1) is 6.92 Å². The van der Waals surface area contributed by atoms with E-state index in [1.165, 1.54) is 48.2 Å². The Balaban J connectivity index is 1.55. The van der Waals surface area contributed by atoms with Crippen molar-refractivity contribution < 1.29 is 29.0 Å². The average molecular weight is 407 g/mol. The fourth-order valence-corrected chi connectivity index (χ4v) is 3.83. The molecule has 2 aromatic rings. The predicted octanol–water partition coefficient (Wildman–Crippen LogP) is 1.39. The van der Waals surface area contributed by atoms with Crippen molar-refractivity contribution >= 4 is 29.4 Å². The van der Waals surface area contributed by atoms with Gasteiger partial charge >= 0.3 is 0 Å². The molecule has 8 nitrogen and oxygen atoms in total. The molecule has 0 bridgehead atoms. The topological polar surface area (TPSA) is 116 Å². The maximum Gasteiger partial charge on any atom is 0.261 e. The van der Waals surface area contributed by atoms with Gasteiger partial charge in [0.25, 0.3) is 17.7 Å². The number of nitrogens with zero attached hydrogens (tertiary/aromatic N) is 1. The van der Waals surface area contributed by atoms with Crippen LogP contribution in [0.1, 0.15) is 59.8 Å². The summed E-state index contributed by atoms with van der Waals surface area (Å²) in [5, 5.41) is 13.8. The number of carboxylic acids is 1. The Morgan fingerprint density at radius 1 is 1.13 bits per heavy atom. The number of benzene rings is 2. The predicted molar refractivity (Wildman–Crippen MR) is 104 cm³/mol. The number of hydrogen-bond donors (Lipinski definition) is 1. The number of anilines is 1. The third-order valence-corrected chi connectivity index (χ3v) is 5.44. The maximum absolute atomic E-state index is 12.7. The number of aromatic carboxylic acids is 1. The van der Waals surface area contributed by atoms with Gasteiger partial charge in [-0.25, -0.2) is 0 Å². The van der Waals surface area contributed by atoms with Crippen LogP contribution in [0.2, 0.25) is 0 Å². The highest BCUT2D eigenvalue weighted by molar-refractivity contribution is 6.22. The Kier molecular flexibility index (Phi) is 5.09. The molecule has 2 aliphatic rings. The minimum Gasteiger partial charge on any atom is -0.545 e. The first kappa shape index (κ1) is 19.8. The molecule has 2 heterocycles. The number of carboxylic acid groups (broad SMARTS) is 1. The molecule has 30 heavy (non-hydrogen) atoms. The van der Waals surface area contributed by atoms with E-state index >= 15 is 0 Å². The van der Waals surface area contributed by atoms with E-state index in [0.29, 0.717) is 12.3 Å². The Labute approximate surface area is 172 Å². The van der Waals surface area contributed by atoms with E-state index in [0.717, 1.165) is 12.8 Å². The highest BCUT2D eigenvalue weighted by Gasteiger charge is 2.37. The van der Waals surface area contributed by atoms with Crippen LogP contribution in [-0.2, 0) is 4.74 Å². The van der Waals surface area contributed by atoms with Crippen LogP contribution in [0.15, 0.2) is 36.4 Å². The monoisotopic (exact) mass is 407 g/mol. The number of ether oxygens (including phenoxy) is 1. The molecule has 4 rings (SSSR count). The van der Waals surface area contributed by atoms with Gasteiger partial charge in [-0.05, 0) is 49.6 Å². The van der Waals surface area contributed by atoms with Crippen LogP contribution in [-0.4, -0.2) is 47.8 Å². The number of amides is 3. The minimum absolute atomic E-state index is 0.0675. The van der Waals surface area contributed by atoms with Crippen molar-refractivity contribution in [3.8, 4) is 0 Å². The zero-order chi connectivity index (χ0) is 21.4. The Morgan fingerprint density at radius 3 is 2.57 bits per heavy atom. The zero-order valence-electron chi connectivity index (χ0n) is 16.3. The van der Waals surface area contributed by atoms with Gasteiger partial charge < -0.3 is 20.0 Å². The molecule has 154 valence electrons. The second-order valence-corrected chi connectivity index (χ2v) is 7.34. The van der Waals surface area contributed by atoms with Crippen LogP contribution < -0.4 is 10.4 Å². The van der Waals surface area contributed by atoms with Crippen LogP contribution in [0.25, 0.3) is 0 Å². The lowest BCUT2D eigenvalue weighted by atomic mass is 10.0. The number of fused-ring (bicyclic) bond motifs is 1. The Morgan fingerprint density at radius 2 is 1.87 bits per heavy atom. The van der Waals surface area contributed by atoms with Crippen LogP contribution in [0.5, 0.6) is 0 Å². The quantitative estimate of drug-likeness (QED) is 0.749. The van der Waals surface area contributed by atoms with Crippen molar-refractivity contribution in [2.75, 3.05) is 18.5 Å². The number of imide groups is 1.